The Morgan fingerprint density at radius 3 is 2.42 bits per heavy atom. The Labute approximate surface area is 157 Å². The van der Waals surface area contributed by atoms with Crippen molar-refractivity contribution in [3.05, 3.63) is 17.3 Å². The van der Waals surface area contributed by atoms with Gasteiger partial charge in [-0.3, -0.25) is 9.89 Å². The van der Waals surface area contributed by atoms with Gasteiger partial charge >= 0.3 is 0 Å². The second kappa shape index (κ2) is 10.5. The van der Waals surface area contributed by atoms with Crippen LogP contribution in [0.3, 0.4) is 0 Å². The summed E-state index contributed by atoms with van der Waals surface area (Å²) >= 11 is 0. The maximum Gasteiger partial charge on any atom is 0.214 e. The number of aromatic nitrogens is 1. The molecule has 0 amide bonds. The van der Waals surface area contributed by atoms with Crippen LogP contribution in [0, 0.1) is 19.8 Å². The zero-order valence-corrected chi connectivity index (χ0v) is 17.0. The van der Waals surface area contributed by atoms with E-state index in [1.807, 2.05) is 13.8 Å². The molecule has 1 fully saturated rings. The second-order valence-corrected chi connectivity index (χ2v) is 6.85. The molecule has 1 saturated heterocycles. The number of nitrogens with one attached hydrogen (secondary N) is 2. The third kappa shape index (κ3) is 5.71. The summed E-state index contributed by atoms with van der Waals surface area (Å²) in [6, 6.07) is 0.485. The SMILES string of the molecule is CCC(CC)C(CNC(=NC)NCc1nc(C)c(C)o1)N1CCOCC1. The summed E-state index contributed by atoms with van der Waals surface area (Å²) in [5, 5.41) is 6.79. The van der Waals surface area contributed by atoms with Crippen molar-refractivity contribution in [3.8, 4) is 0 Å². The van der Waals surface area contributed by atoms with Crippen molar-refractivity contribution in [2.24, 2.45) is 10.9 Å². The van der Waals surface area contributed by atoms with Crippen LogP contribution in [0.25, 0.3) is 0 Å². The van der Waals surface area contributed by atoms with Gasteiger partial charge in [0.05, 0.1) is 25.5 Å². The van der Waals surface area contributed by atoms with E-state index in [-0.39, 0.29) is 0 Å². The van der Waals surface area contributed by atoms with Gasteiger partial charge in [0.2, 0.25) is 5.89 Å². The fraction of sp³-hybridized carbons (Fsp3) is 0.789. The molecule has 1 aromatic heterocycles. The lowest BCUT2D eigenvalue weighted by Gasteiger charge is -2.39. The zero-order chi connectivity index (χ0) is 18.9. The van der Waals surface area contributed by atoms with Crippen LogP contribution >= 0.6 is 0 Å². The number of hydrogen-bond acceptors (Lipinski definition) is 5. The number of ether oxygens (including phenoxy) is 1. The Kier molecular flexibility index (Phi) is 8.38. The van der Waals surface area contributed by atoms with Gasteiger partial charge in [0, 0.05) is 32.7 Å². The van der Waals surface area contributed by atoms with E-state index in [9.17, 15) is 0 Å². The van der Waals surface area contributed by atoms with E-state index in [1.54, 1.807) is 7.05 Å². The standard InChI is InChI=1S/C19H35N5O2/c1-6-16(7-2)17(24-8-10-25-11-9-24)12-21-19(20-5)22-13-18-23-14(3)15(4)26-18/h16-17H,6-13H2,1-5H3,(H2,20,21,22). The highest BCUT2D eigenvalue weighted by molar-refractivity contribution is 5.79. The van der Waals surface area contributed by atoms with Crippen molar-refractivity contribution >= 4 is 5.96 Å². The lowest BCUT2D eigenvalue weighted by atomic mass is 9.92. The van der Waals surface area contributed by atoms with Crippen molar-refractivity contribution in [2.75, 3.05) is 39.9 Å². The van der Waals surface area contributed by atoms with Gasteiger partial charge in [-0.2, -0.15) is 0 Å². The molecule has 2 rings (SSSR count). The highest BCUT2D eigenvalue weighted by atomic mass is 16.5. The van der Waals surface area contributed by atoms with Gasteiger partial charge in [-0.25, -0.2) is 4.98 Å². The van der Waals surface area contributed by atoms with Crippen LogP contribution in [0.2, 0.25) is 0 Å². The topological polar surface area (TPSA) is 74.9 Å². The summed E-state index contributed by atoms with van der Waals surface area (Å²) in [5.74, 6) is 3.00. The largest absolute Gasteiger partial charge is 0.444 e. The van der Waals surface area contributed by atoms with Gasteiger partial charge in [-0.05, 0) is 19.8 Å². The maximum atomic E-state index is 5.62. The van der Waals surface area contributed by atoms with Crippen LogP contribution in [-0.2, 0) is 11.3 Å². The fourth-order valence-electron chi connectivity index (χ4n) is 3.53. The molecule has 0 saturated carbocycles. The second-order valence-electron chi connectivity index (χ2n) is 6.85. The predicted molar refractivity (Wildman–Crippen MR) is 104 cm³/mol. The van der Waals surface area contributed by atoms with Crippen molar-refractivity contribution in [3.63, 3.8) is 0 Å². The highest BCUT2D eigenvalue weighted by Crippen LogP contribution is 2.19. The van der Waals surface area contributed by atoms with Gasteiger partial charge in [0.25, 0.3) is 0 Å². The van der Waals surface area contributed by atoms with E-state index in [0.29, 0.717) is 24.4 Å². The number of guanidine groups is 1. The molecule has 1 unspecified atom stereocenters. The number of hydrogen-bond donors (Lipinski definition) is 2. The molecule has 1 aliphatic rings. The van der Waals surface area contributed by atoms with Crippen molar-refractivity contribution in [2.45, 2.75) is 53.1 Å². The first-order chi connectivity index (χ1) is 12.6. The van der Waals surface area contributed by atoms with E-state index >= 15 is 0 Å². The third-order valence-electron chi connectivity index (χ3n) is 5.29. The van der Waals surface area contributed by atoms with Crippen LogP contribution < -0.4 is 10.6 Å². The lowest BCUT2D eigenvalue weighted by Crippen LogP contribution is -2.53. The van der Waals surface area contributed by atoms with Gasteiger partial charge < -0.3 is 19.8 Å². The minimum Gasteiger partial charge on any atom is -0.444 e. The minimum atomic E-state index is 0.485. The summed E-state index contributed by atoms with van der Waals surface area (Å²) in [6.45, 7) is 13.5. The molecule has 0 spiro atoms. The average molecular weight is 366 g/mol. The summed E-state index contributed by atoms with van der Waals surface area (Å²) in [5.41, 5.74) is 0.936. The number of nitrogens with zero attached hydrogens (tertiary/aromatic N) is 3. The van der Waals surface area contributed by atoms with Crippen molar-refractivity contribution in [1.82, 2.24) is 20.5 Å². The number of aryl methyl sites for hydroxylation is 2. The van der Waals surface area contributed by atoms with Crippen LogP contribution in [-0.4, -0.2) is 61.8 Å². The molecule has 1 aliphatic heterocycles. The molecule has 1 atom stereocenters. The van der Waals surface area contributed by atoms with Crippen LogP contribution in [0.5, 0.6) is 0 Å². The Hall–Kier alpha value is -1.60. The van der Waals surface area contributed by atoms with E-state index in [0.717, 1.165) is 50.3 Å². The molecule has 1 aromatic rings. The minimum absolute atomic E-state index is 0.485. The molecule has 2 heterocycles. The van der Waals surface area contributed by atoms with Gasteiger partial charge in [-0.1, -0.05) is 26.7 Å². The zero-order valence-electron chi connectivity index (χ0n) is 17.0. The van der Waals surface area contributed by atoms with Crippen LogP contribution in [0.4, 0.5) is 0 Å². The van der Waals surface area contributed by atoms with E-state index < -0.39 is 0 Å². The molecule has 0 aliphatic carbocycles. The molecule has 148 valence electrons. The molecule has 0 bridgehead atoms. The van der Waals surface area contributed by atoms with Gasteiger partial charge in [-0.15, -0.1) is 0 Å². The van der Waals surface area contributed by atoms with E-state index in [4.69, 9.17) is 9.15 Å². The van der Waals surface area contributed by atoms with E-state index in [2.05, 4.69) is 39.4 Å². The van der Waals surface area contributed by atoms with Gasteiger partial charge in [0.15, 0.2) is 5.96 Å². The molecular formula is C19H35N5O2. The van der Waals surface area contributed by atoms with Gasteiger partial charge in [0.1, 0.15) is 5.76 Å². The summed E-state index contributed by atoms with van der Waals surface area (Å²) in [6.07, 6.45) is 2.36. The van der Waals surface area contributed by atoms with Crippen molar-refractivity contribution < 1.29 is 9.15 Å². The average Bonchev–Trinajstić information content (AvgIpc) is 2.99. The first-order valence-electron chi connectivity index (χ1n) is 9.78. The summed E-state index contributed by atoms with van der Waals surface area (Å²) in [4.78, 5) is 11.3. The van der Waals surface area contributed by atoms with Crippen LogP contribution in [0.1, 0.15) is 44.0 Å². The number of morpholine rings is 1. The molecule has 2 N–H and O–H groups in total. The molecule has 0 aromatic carbocycles. The molecular weight excluding hydrogens is 330 g/mol. The van der Waals surface area contributed by atoms with Crippen molar-refractivity contribution in [1.29, 1.82) is 0 Å². The lowest BCUT2D eigenvalue weighted by molar-refractivity contribution is 0.00272. The quantitative estimate of drug-likeness (QED) is 0.543. The summed E-state index contributed by atoms with van der Waals surface area (Å²) < 4.78 is 11.2. The smallest absolute Gasteiger partial charge is 0.214 e. The number of aliphatic imine (C=N–C) groups is 1. The predicted octanol–water partition coefficient (Wildman–Crippen LogP) is 2.09. The Bertz CT molecular complexity index is 543. The normalized spacial score (nSPS) is 17.5. The fourth-order valence-corrected chi connectivity index (χ4v) is 3.53. The number of oxazole rings is 1. The first kappa shape index (κ1) is 20.7. The highest BCUT2D eigenvalue weighted by Gasteiger charge is 2.27. The Balaban J connectivity index is 1.91. The molecule has 7 nitrogen and oxygen atoms in total. The first-order valence-corrected chi connectivity index (χ1v) is 9.78. The molecule has 0 radical (unpaired) electrons. The van der Waals surface area contributed by atoms with Crippen LogP contribution in [0.15, 0.2) is 9.41 Å². The Morgan fingerprint density at radius 2 is 1.88 bits per heavy atom. The third-order valence-corrected chi connectivity index (χ3v) is 5.29. The molecule has 7 heteroatoms. The monoisotopic (exact) mass is 365 g/mol. The maximum absolute atomic E-state index is 5.62. The number of rotatable bonds is 8. The Morgan fingerprint density at radius 1 is 1.19 bits per heavy atom. The molecule has 26 heavy (non-hydrogen) atoms. The van der Waals surface area contributed by atoms with E-state index in [1.165, 1.54) is 12.8 Å². The summed E-state index contributed by atoms with van der Waals surface area (Å²) in [7, 11) is 1.79.